The number of rotatable bonds is 5. The first kappa shape index (κ1) is 24.1. The molecule has 1 aliphatic rings. The minimum Gasteiger partial charge on any atom is -0.465 e. The van der Waals surface area contributed by atoms with Gasteiger partial charge >= 0.3 is 6.09 Å². The second-order valence-corrected chi connectivity index (χ2v) is 11.2. The summed E-state index contributed by atoms with van der Waals surface area (Å²) >= 11 is 5.97. The summed E-state index contributed by atoms with van der Waals surface area (Å²) in [6.07, 6.45) is 0.110. The van der Waals surface area contributed by atoms with Crippen LogP contribution in [0, 0.1) is 0 Å². The first-order chi connectivity index (χ1) is 14.9. The molecule has 1 aliphatic heterocycles. The van der Waals surface area contributed by atoms with Gasteiger partial charge in [-0.15, -0.1) is 0 Å². The van der Waals surface area contributed by atoms with E-state index in [2.05, 4.69) is 15.3 Å². The molecule has 1 saturated heterocycles. The molecule has 0 atom stereocenters. The summed E-state index contributed by atoms with van der Waals surface area (Å²) in [6.45, 7) is 7.89. The van der Waals surface area contributed by atoms with Gasteiger partial charge in [-0.05, 0) is 23.1 Å². The van der Waals surface area contributed by atoms with Gasteiger partial charge in [0.1, 0.15) is 11.6 Å². The van der Waals surface area contributed by atoms with E-state index < -0.39 is 21.3 Å². The van der Waals surface area contributed by atoms with Crippen molar-refractivity contribution in [3.05, 3.63) is 40.4 Å². The number of amides is 1. The molecule has 0 saturated carbocycles. The van der Waals surface area contributed by atoms with Gasteiger partial charge in [0.15, 0.2) is 0 Å². The van der Waals surface area contributed by atoms with Gasteiger partial charge in [0, 0.05) is 49.6 Å². The molecule has 0 aliphatic carbocycles. The molecule has 0 unspecified atom stereocenters. The number of carboxylic acid groups (broad SMARTS) is 1. The summed E-state index contributed by atoms with van der Waals surface area (Å²) in [5.41, 5.74) is 1.34. The van der Waals surface area contributed by atoms with Crippen LogP contribution in [0.1, 0.15) is 31.9 Å². The molecule has 9 nitrogen and oxygen atoms in total. The Hall–Kier alpha value is -2.59. The molecular formula is C21H28ClN5O4S. The molecule has 1 aromatic carbocycles. The van der Waals surface area contributed by atoms with Gasteiger partial charge in [0.2, 0.25) is 9.84 Å². The fourth-order valence-corrected chi connectivity index (χ4v) is 4.18. The van der Waals surface area contributed by atoms with Gasteiger partial charge in [-0.3, -0.25) is 0 Å². The number of carbonyl (C=O) groups is 1. The van der Waals surface area contributed by atoms with E-state index in [1.165, 1.54) is 4.90 Å². The third kappa shape index (κ3) is 5.60. The Morgan fingerprint density at radius 3 is 2.22 bits per heavy atom. The minimum absolute atomic E-state index is 0.264. The molecule has 1 aromatic heterocycles. The van der Waals surface area contributed by atoms with E-state index in [0.29, 0.717) is 49.4 Å². The summed E-state index contributed by atoms with van der Waals surface area (Å²) in [7, 11) is -3.67. The van der Waals surface area contributed by atoms with Crippen molar-refractivity contribution in [2.45, 2.75) is 37.9 Å². The second kappa shape index (κ2) is 9.11. The lowest BCUT2D eigenvalue weighted by atomic mass is 9.86. The Labute approximate surface area is 193 Å². The third-order valence-corrected chi connectivity index (χ3v) is 6.27. The SMILES string of the molecule is CC(C)(C)c1c(NCc2ccc(Cl)cc2)nc(S(C)(=O)=O)nc1N1CCN(C(=O)O)CC1. The quantitative estimate of drug-likeness (QED) is 0.625. The molecule has 0 spiro atoms. The number of sulfone groups is 1. The Balaban J connectivity index is 2.05. The average molecular weight is 482 g/mol. The highest BCUT2D eigenvalue weighted by atomic mass is 35.5. The van der Waals surface area contributed by atoms with Gasteiger partial charge in [0.05, 0.1) is 0 Å². The van der Waals surface area contributed by atoms with E-state index in [4.69, 9.17) is 11.6 Å². The summed E-state index contributed by atoms with van der Waals surface area (Å²) < 4.78 is 24.7. The number of halogens is 1. The van der Waals surface area contributed by atoms with E-state index in [0.717, 1.165) is 17.4 Å². The molecule has 2 aromatic rings. The van der Waals surface area contributed by atoms with Crippen molar-refractivity contribution in [1.29, 1.82) is 0 Å². The van der Waals surface area contributed by atoms with Crippen LogP contribution >= 0.6 is 11.6 Å². The van der Waals surface area contributed by atoms with Gasteiger partial charge in [0.25, 0.3) is 5.16 Å². The Morgan fingerprint density at radius 2 is 1.72 bits per heavy atom. The zero-order valence-corrected chi connectivity index (χ0v) is 20.2. The average Bonchev–Trinajstić information content (AvgIpc) is 2.71. The Morgan fingerprint density at radius 1 is 1.12 bits per heavy atom. The third-order valence-electron chi connectivity index (χ3n) is 5.17. The van der Waals surface area contributed by atoms with Crippen LogP contribution in [0.5, 0.6) is 0 Å². The minimum atomic E-state index is -3.67. The predicted octanol–water partition coefficient (Wildman–Crippen LogP) is 3.24. The number of aromatic nitrogens is 2. The normalized spacial score (nSPS) is 15.0. The lowest BCUT2D eigenvalue weighted by molar-refractivity contribution is 0.142. The van der Waals surface area contributed by atoms with Crippen LogP contribution in [0.25, 0.3) is 0 Å². The van der Waals surface area contributed by atoms with Crippen molar-refractivity contribution in [2.75, 3.05) is 42.7 Å². The van der Waals surface area contributed by atoms with E-state index in [1.54, 1.807) is 12.1 Å². The van der Waals surface area contributed by atoms with E-state index in [9.17, 15) is 18.3 Å². The molecule has 2 N–H and O–H groups in total. The molecule has 0 bridgehead atoms. The molecule has 1 amide bonds. The summed E-state index contributed by atoms with van der Waals surface area (Å²) in [5, 5.41) is 12.9. The first-order valence-corrected chi connectivity index (χ1v) is 12.5. The maximum absolute atomic E-state index is 12.4. The molecule has 2 heterocycles. The molecule has 1 fully saturated rings. The van der Waals surface area contributed by atoms with Crippen LogP contribution in [0.3, 0.4) is 0 Å². The summed E-state index contributed by atoms with van der Waals surface area (Å²) in [4.78, 5) is 23.4. The first-order valence-electron chi connectivity index (χ1n) is 10.2. The van der Waals surface area contributed by atoms with Crippen LogP contribution in [0.2, 0.25) is 5.02 Å². The van der Waals surface area contributed by atoms with Crippen LogP contribution < -0.4 is 10.2 Å². The van der Waals surface area contributed by atoms with Crippen molar-refractivity contribution in [3.63, 3.8) is 0 Å². The maximum atomic E-state index is 12.4. The largest absolute Gasteiger partial charge is 0.465 e. The smallest absolute Gasteiger partial charge is 0.407 e. The van der Waals surface area contributed by atoms with E-state index in [-0.39, 0.29) is 5.16 Å². The van der Waals surface area contributed by atoms with Gasteiger partial charge in [-0.25, -0.2) is 23.2 Å². The van der Waals surface area contributed by atoms with Crippen LogP contribution in [0.4, 0.5) is 16.4 Å². The topological polar surface area (TPSA) is 116 Å². The number of anilines is 2. The number of hydrogen-bond acceptors (Lipinski definition) is 7. The van der Waals surface area contributed by atoms with Crippen molar-refractivity contribution in [1.82, 2.24) is 14.9 Å². The number of benzene rings is 1. The lowest BCUT2D eigenvalue weighted by Gasteiger charge is -2.37. The highest BCUT2D eigenvalue weighted by Crippen LogP contribution is 2.37. The Kier molecular flexibility index (Phi) is 6.85. The van der Waals surface area contributed by atoms with Crippen molar-refractivity contribution in [3.8, 4) is 0 Å². The fraction of sp³-hybridized carbons (Fsp3) is 0.476. The second-order valence-electron chi connectivity index (χ2n) is 8.81. The standard InChI is InChI=1S/C21H28ClN5O4S/c1-21(2,3)16-17(23-13-14-5-7-15(22)8-6-14)24-19(32(4,30)31)25-18(16)26-9-11-27(12-10-26)20(28)29/h5-8H,9-13H2,1-4H3,(H,28,29)(H,23,24,25). The highest BCUT2D eigenvalue weighted by Gasteiger charge is 2.32. The van der Waals surface area contributed by atoms with Crippen LogP contribution in [-0.4, -0.2) is 66.9 Å². The zero-order valence-electron chi connectivity index (χ0n) is 18.6. The van der Waals surface area contributed by atoms with Crippen molar-refractivity contribution >= 4 is 39.2 Å². The van der Waals surface area contributed by atoms with Crippen molar-refractivity contribution in [2.24, 2.45) is 0 Å². The van der Waals surface area contributed by atoms with E-state index >= 15 is 0 Å². The number of hydrogen-bond donors (Lipinski definition) is 2. The fourth-order valence-electron chi connectivity index (χ4n) is 3.54. The number of piperazine rings is 1. The molecule has 174 valence electrons. The number of nitrogens with zero attached hydrogens (tertiary/aromatic N) is 4. The van der Waals surface area contributed by atoms with E-state index in [1.807, 2.05) is 37.8 Å². The van der Waals surface area contributed by atoms with Crippen molar-refractivity contribution < 1.29 is 18.3 Å². The lowest BCUT2D eigenvalue weighted by Crippen LogP contribution is -2.49. The van der Waals surface area contributed by atoms with Crippen LogP contribution in [-0.2, 0) is 21.8 Å². The zero-order chi connectivity index (χ0) is 23.7. The molecular weight excluding hydrogens is 454 g/mol. The molecule has 0 radical (unpaired) electrons. The highest BCUT2D eigenvalue weighted by molar-refractivity contribution is 7.90. The molecule has 3 rings (SSSR count). The number of nitrogens with one attached hydrogen (secondary N) is 1. The van der Waals surface area contributed by atoms with Gasteiger partial charge in [-0.1, -0.05) is 44.5 Å². The molecule has 32 heavy (non-hydrogen) atoms. The van der Waals surface area contributed by atoms with Gasteiger partial charge < -0.3 is 20.2 Å². The summed E-state index contributed by atoms with van der Waals surface area (Å²) in [5.74, 6) is 0.954. The monoisotopic (exact) mass is 481 g/mol. The summed E-state index contributed by atoms with van der Waals surface area (Å²) in [6, 6.07) is 7.35. The van der Waals surface area contributed by atoms with Crippen LogP contribution in [0.15, 0.2) is 29.4 Å². The molecule has 11 heteroatoms. The van der Waals surface area contributed by atoms with Gasteiger partial charge in [-0.2, -0.15) is 0 Å². The maximum Gasteiger partial charge on any atom is 0.407 e. The predicted molar refractivity (Wildman–Crippen MR) is 124 cm³/mol. The Bertz CT molecular complexity index is 1090.